The highest BCUT2D eigenvalue weighted by atomic mass is 79.9. The van der Waals surface area contributed by atoms with Crippen molar-refractivity contribution in [2.45, 2.75) is 25.8 Å². The van der Waals surface area contributed by atoms with Gasteiger partial charge in [-0.1, -0.05) is 41.1 Å². The van der Waals surface area contributed by atoms with Crippen LogP contribution in [0, 0.1) is 0 Å². The van der Waals surface area contributed by atoms with E-state index >= 15 is 0 Å². The van der Waals surface area contributed by atoms with Crippen molar-refractivity contribution in [3.8, 4) is 0 Å². The van der Waals surface area contributed by atoms with E-state index in [1.165, 1.54) is 0 Å². The van der Waals surface area contributed by atoms with E-state index in [9.17, 15) is 9.59 Å². The van der Waals surface area contributed by atoms with Crippen LogP contribution in [-0.4, -0.2) is 36.5 Å². The molecule has 6 heteroatoms. The third kappa shape index (κ3) is 4.85. The summed E-state index contributed by atoms with van der Waals surface area (Å²) >= 11 is 3.51. The van der Waals surface area contributed by atoms with Crippen LogP contribution in [0.15, 0.2) is 28.7 Å². The molecule has 0 heterocycles. The molecule has 0 aliphatic carbocycles. The second-order valence-corrected chi connectivity index (χ2v) is 5.43. The van der Waals surface area contributed by atoms with Gasteiger partial charge in [-0.2, -0.15) is 0 Å². The van der Waals surface area contributed by atoms with E-state index in [0.29, 0.717) is 0 Å². The summed E-state index contributed by atoms with van der Waals surface area (Å²) in [4.78, 5) is 24.3. The Balaban J connectivity index is 2.68. The second kappa shape index (κ2) is 7.89. The first kappa shape index (κ1) is 16.5. The summed E-state index contributed by atoms with van der Waals surface area (Å²) in [6, 6.07) is 7.34. The molecule has 110 valence electrons. The number of rotatable bonds is 6. The summed E-state index contributed by atoms with van der Waals surface area (Å²) in [6.07, 6.45) is 1.59. The van der Waals surface area contributed by atoms with Gasteiger partial charge in [-0.3, -0.25) is 4.79 Å². The van der Waals surface area contributed by atoms with Crippen LogP contribution >= 0.6 is 15.9 Å². The SMILES string of the molecule is CCC(Cc1ccccc1Br)N(C)C(=O)CNC(N)=O. The Morgan fingerprint density at radius 3 is 2.60 bits per heavy atom. The van der Waals surface area contributed by atoms with Crippen LogP contribution in [0.5, 0.6) is 0 Å². The highest BCUT2D eigenvalue weighted by Gasteiger charge is 2.19. The number of halogens is 1. The quantitative estimate of drug-likeness (QED) is 0.828. The predicted molar refractivity (Wildman–Crippen MR) is 82.3 cm³/mol. The van der Waals surface area contributed by atoms with Gasteiger partial charge in [0.05, 0.1) is 6.54 Å². The fourth-order valence-corrected chi connectivity index (χ4v) is 2.41. The zero-order chi connectivity index (χ0) is 15.1. The van der Waals surface area contributed by atoms with Crippen molar-refractivity contribution >= 4 is 27.9 Å². The van der Waals surface area contributed by atoms with Crippen LogP contribution in [-0.2, 0) is 11.2 Å². The lowest BCUT2D eigenvalue weighted by Crippen LogP contribution is -2.45. The van der Waals surface area contributed by atoms with Gasteiger partial charge in [0.15, 0.2) is 0 Å². The molecule has 0 aliphatic rings. The molecule has 20 heavy (non-hydrogen) atoms. The summed E-state index contributed by atoms with van der Waals surface area (Å²) in [5.41, 5.74) is 6.12. The van der Waals surface area contributed by atoms with E-state index in [1.54, 1.807) is 11.9 Å². The van der Waals surface area contributed by atoms with Gasteiger partial charge in [0.1, 0.15) is 0 Å². The molecule has 0 spiro atoms. The van der Waals surface area contributed by atoms with Crippen molar-refractivity contribution in [3.63, 3.8) is 0 Å². The summed E-state index contributed by atoms with van der Waals surface area (Å²) in [5.74, 6) is -0.150. The lowest BCUT2D eigenvalue weighted by molar-refractivity contribution is -0.130. The standard InChI is InChI=1S/C14H20BrN3O2/c1-3-11(8-10-6-4-5-7-12(10)15)18(2)13(19)9-17-14(16)20/h4-7,11H,3,8-9H2,1-2H3,(H3,16,17,20). The van der Waals surface area contributed by atoms with E-state index in [-0.39, 0.29) is 18.5 Å². The average Bonchev–Trinajstić information content (AvgIpc) is 2.43. The lowest BCUT2D eigenvalue weighted by Gasteiger charge is -2.28. The molecule has 0 bridgehead atoms. The second-order valence-electron chi connectivity index (χ2n) is 4.58. The molecule has 5 nitrogen and oxygen atoms in total. The molecule has 0 saturated heterocycles. The molecule has 1 atom stereocenters. The zero-order valence-corrected chi connectivity index (χ0v) is 13.3. The van der Waals surface area contributed by atoms with Crippen LogP contribution in [0.25, 0.3) is 0 Å². The minimum absolute atomic E-state index is 0.0711. The van der Waals surface area contributed by atoms with Crippen molar-refractivity contribution in [3.05, 3.63) is 34.3 Å². The molecule has 3 N–H and O–H groups in total. The van der Waals surface area contributed by atoms with E-state index < -0.39 is 6.03 Å². The van der Waals surface area contributed by atoms with Gasteiger partial charge >= 0.3 is 6.03 Å². The highest BCUT2D eigenvalue weighted by Crippen LogP contribution is 2.20. The number of carbonyl (C=O) groups excluding carboxylic acids is 2. The topological polar surface area (TPSA) is 75.4 Å². The van der Waals surface area contributed by atoms with Crippen molar-refractivity contribution in [2.75, 3.05) is 13.6 Å². The lowest BCUT2D eigenvalue weighted by atomic mass is 10.0. The third-order valence-electron chi connectivity index (χ3n) is 3.24. The highest BCUT2D eigenvalue weighted by molar-refractivity contribution is 9.10. The summed E-state index contributed by atoms with van der Waals surface area (Å²) in [7, 11) is 1.75. The first-order valence-corrected chi connectivity index (χ1v) is 7.27. The molecule has 1 unspecified atom stereocenters. The van der Waals surface area contributed by atoms with Crippen LogP contribution < -0.4 is 11.1 Å². The Morgan fingerprint density at radius 1 is 1.40 bits per heavy atom. The average molecular weight is 342 g/mol. The molecule has 0 radical (unpaired) electrons. The Morgan fingerprint density at radius 2 is 2.05 bits per heavy atom. The number of amides is 3. The number of hydrogen-bond acceptors (Lipinski definition) is 2. The third-order valence-corrected chi connectivity index (χ3v) is 4.01. The largest absolute Gasteiger partial charge is 0.352 e. The molecule has 0 fully saturated rings. The minimum Gasteiger partial charge on any atom is -0.352 e. The fraction of sp³-hybridized carbons (Fsp3) is 0.429. The molecule has 1 aromatic carbocycles. The number of primary amides is 1. The number of hydrogen-bond donors (Lipinski definition) is 2. The molecule has 0 aliphatic heterocycles. The zero-order valence-electron chi connectivity index (χ0n) is 11.7. The van der Waals surface area contributed by atoms with Gasteiger partial charge in [-0.25, -0.2) is 4.79 Å². The molecule has 1 rings (SSSR count). The summed E-state index contributed by atoms with van der Waals surface area (Å²) in [5, 5.41) is 2.32. The van der Waals surface area contributed by atoms with Crippen molar-refractivity contribution in [1.29, 1.82) is 0 Å². The van der Waals surface area contributed by atoms with Crippen LogP contribution in [0.2, 0.25) is 0 Å². The van der Waals surface area contributed by atoms with Gasteiger partial charge in [-0.15, -0.1) is 0 Å². The predicted octanol–water partition coefficient (Wildman–Crippen LogP) is 1.90. The molecule has 1 aromatic rings. The Kier molecular flexibility index (Phi) is 6.51. The van der Waals surface area contributed by atoms with Crippen molar-refractivity contribution < 1.29 is 9.59 Å². The van der Waals surface area contributed by atoms with E-state index in [4.69, 9.17) is 5.73 Å². The number of urea groups is 1. The first-order chi connectivity index (χ1) is 9.45. The maximum atomic E-state index is 12.0. The van der Waals surface area contributed by atoms with E-state index in [1.807, 2.05) is 31.2 Å². The smallest absolute Gasteiger partial charge is 0.312 e. The van der Waals surface area contributed by atoms with Gasteiger partial charge in [0.2, 0.25) is 5.91 Å². The van der Waals surface area contributed by atoms with Gasteiger partial charge in [-0.05, 0) is 24.5 Å². The van der Waals surface area contributed by atoms with Crippen molar-refractivity contribution in [2.24, 2.45) is 5.73 Å². The van der Waals surface area contributed by atoms with Gasteiger partial charge in [0, 0.05) is 17.6 Å². The monoisotopic (exact) mass is 341 g/mol. The molecule has 0 saturated carbocycles. The number of nitrogens with one attached hydrogen (secondary N) is 1. The van der Waals surface area contributed by atoms with E-state index in [0.717, 1.165) is 22.9 Å². The molecular formula is C14H20BrN3O2. The molecular weight excluding hydrogens is 322 g/mol. The Hall–Kier alpha value is -1.56. The maximum absolute atomic E-state index is 12.0. The number of benzene rings is 1. The van der Waals surface area contributed by atoms with Crippen LogP contribution in [0.3, 0.4) is 0 Å². The molecule has 0 aromatic heterocycles. The van der Waals surface area contributed by atoms with E-state index in [2.05, 4.69) is 21.2 Å². The number of nitrogens with zero attached hydrogens (tertiary/aromatic N) is 1. The summed E-state index contributed by atoms with van der Waals surface area (Å²) in [6.45, 7) is 1.96. The first-order valence-electron chi connectivity index (χ1n) is 6.48. The molecule has 3 amide bonds. The minimum atomic E-state index is -0.689. The van der Waals surface area contributed by atoms with Gasteiger partial charge in [0.25, 0.3) is 0 Å². The number of likely N-dealkylation sites (N-methyl/N-ethyl adjacent to an activating group) is 1. The Bertz CT molecular complexity index is 479. The number of carbonyl (C=O) groups is 2. The van der Waals surface area contributed by atoms with Crippen LogP contribution in [0.4, 0.5) is 4.79 Å². The Labute approximate surface area is 127 Å². The van der Waals surface area contributed by atoms with Crippen molar-refractivity contribution in [1.82, 2.24) is 10.2 Å². The summed E-state index contributed by atoms with van der Waals surface area (Å²) < 4.78 is 1.04. The van der Waals surface area contributed by atoms with Crippen LogP contribution in [0.1, 0.15) is 18.9 Å². The normalized spacial score (nSPS) is 11.8. The maximum Gasteiger partial charge on any atom is 0.312 e. The van der Waals surface area contributed by atoms with Gasteiger partial charge < -0.3 is 16.0 Å². The number of nitrogens with two attached hydrogens (primary N) is 1. The fourth-order valence-electron chi connectivity index (χ4n) is 1.96.